The Morgan fingerprint density at radius 2 is 1.76 bits per heavy atom. The van der Waals surface area contributed by atoms with E-state index in [4.69, 9.17) is 0 Å². The number of carboxylic acids is 1. The third kappa shape index (κ3) is 4.12. The molecule has 1 saturated heterocycles. The van der Waals surface area contributed by atoms with Gasteiger partial charge in [-0.15, -0.1) is 0 Å². The molecule has 4 rings (SSSR count). The topological polar surface area (TPSA) is 53.4 Å². The highest BCUT2D eigenvalue weighted by Crippen LogP contribution is 2.34. The van der Waals surface area contributed by atoms with E-state index in [0.29, 0.717) is 29.7 Å². The predicted octanol–water partition coefficient (Wildman–Crippen LogP) is 5.22. The van der Waals surface area contributed by atoms with Crippen LogP contribution in [-0.2, 0) is 6.54 Å². The third-order valence-corrected chi connectivity index (χ3v) is 5.43. The first-order valence-electron chi connectivity index (χ1n) is 9.75. The molecule has 0 bridgehead atoms. The molecule has 0 radical (unpaired) electrons. The number of rotatable bonds is 4. The molecule has 1 aliphatic heterocycles. The highest BCUT2D eigenvalue weighted by molar-refractivity contribution is 6.07. The fraction of sp³-hybridized carbons (Fsp3) is 0.304. The smallest absolute Gasteiger partial charge is 0.338 e. The van der Waals surface area contributed by atoms with Gasteiger partial charge in [-0.2, -0.15) is 0 Å². The van der Waals surface area contributed by atoms with Crippen LogP contribution >= 0.6 is 0 Å². The van der Waals surface area contributed by atoms with Crippen molar-refractivity contribution >= 4 is 16.9 Å². The van der Waals surface area contributed by atoms with Crippen LogP contribution in [0.3, 0.4) is 0 Å². The van der Waals surface area contributed by atoms with Crippen LogP contribution in [-0.4, -0.2) is 40.0 Å². The molecule has 0 saturated carbocycles. The molecular formula is C23H22F2N2O2. The molecule has 0 unspecified atom stereocenters. The second kappa shape index (κ2) is 7.87. The van der Waals surface area contributed by atoms with Crippen molar-refractivity contribution in [2.75, 3.05) is 13.1 Å². The molecule has 1 aromatic heterocycles. The van der Waals surface area contributed by atoms with Crippen LogP contribution in [0.5, 0.6) is 0 Å². The van der Waals surface area contributed by atoms with Gasteiger partial charge in [0, 0.05) is 36.9 Å². The Morgan fingerprint density at radius 1 is 1.03 bits per heavy atom. The van der Waals surface area contributed by atoms with Crippen molar-refractivity contribution in [3.8, 4) is 11.1 Å². The number of aromatic carboxylic acids is 1. The summed E-state index contributed by atoms with van der Waals surface area (Å²) in [6.45, 7) is 0.966. The molecule has 3 aromatic rings. The Kier molecular flexibility index (Phi) is 5.28. The Bertz CT molecular complexity index is 1040. The number of alkyl halides is 2. The van der Waals surface area contributed by atoms with Crippen LogP contribution in [0.4, 0.5) is 8.78 Å². The maximum absolute atomic E-state index is 13.7. The summed E-state index contributed by atoms with van der Waals surface area (Å²) in [6, 6.07) is 16.8. The van der Waals surface area contributed by atoms with Crippen LogP contribution in [0.25, 0.3) is 22.0 Å². The first-order valence-corrected chi connectivity index (χ1v) is 9.75. The van der Waals surface area contributed by atoms with E-state index in [1.165, 1.54) is 0 Å². The lowest BCUT2D eigenvalue weighted by Crippen LogP contribution is -2.27. The maximum Gasteiger partial charge on any atom is 0.338 e. The number of halogens is 2. The number of pyridine rings is 1. The van der Waals surface area contributed by atoms with E-state index in [1.807, 2.05) is 59.5 Å². The monoisotopic (exact) mass is 396 g/mol. The van der Waals surface area contributed by atoms with Crippen LogP contribution in [0, 0.1) is 0 Å². The SMILES string of the molecule is O=C(O)c1c(CN2CCCC(F)(F)CC2)nc2ccccc2c1-c1ccccc1. The molecule has 4 nitrogen and oxygen atoms in total. The molecule has 6 heteroatoms. The average molecular weight is 396 g/mol. The van der Waals surface area contributed by atoms with Crippen molar-refractivity contribution in [1.82, 2.24) is 9.88 Å². The Labute approximate surface area is 167 Å². The maximum atomic E-state index is 13.7. The van der Waals surface area contributed by atoms with Gasteiger partial charge in [0.15, 0.2) is 0 Å². The number of benzene rings is 2. The fourth-order valence-electron chi connectivity index (χ4n) is 4.00. The fourth-order valence-corrected chi connectivity index (χ4v) is 4.00. The van der Waals surface area contributed by atoms with Crippen molar-refractivity contribution in [2.24, 2.45) is 0 Å². The number of hydrogen-bond acceptors (Lipinski definition) is 3. The van der Waals surface area contributed by atoms with Gasteiger partial charge in [0.05, 0.1) is 16.8 Å². The lowest BCUT2D eigenvalue weighted by Gasteiger charge is -2.22. The predicted molar refractivity (Wildman–Crippen MR) is 108 cm³/mol. The second-order valence-electron chi connectivity index (χ2n) is 7.48. The van der Waals surface area contributed by atoms with Crippen molar-refractivity contribution in [3.05, 3.63) is 65.9 Å². The number of aromatic nitrogens is 1. The minimum absolute atomic E-state index is 0.129. The first-order chi connectivity index (χ1) is 13.9. The van der Waals surface area contributed by atoms with Gasteiger partial charge in [0.1, 0.15) is 0 Å². The summed E-state index contributed by atoms with van der Waals surface area (Å²) in [5.74, 6) is -3.71. The van der Waals surface area contributed by atoms with E-state index in [2.05, 4.69) is 4.98 Å². The molecule has 1 aliphatic rings. The van der Waals surface area contributed by atoms with Crippen molar-refractivity contribution in [2.45, 2.75) is 31.7 Å². The highest BCUT2D eigenvalue weighted by Gasteiger charge is 2.32. The van der Waals surface area contributed by atoms with Gasteiger partial charge in [-0.25, -0.2) is 13.6 Å². The molecule has 1 N–H and O–H groups in total. The van der Waals surface area contributed by atoms with Gasteiger partial charge in [-0.05, 0) is 24.6 Å². The lowest BCUT2D eigenvalue weighted by atomic mass is 9.94. The summed E-state index contributed by atoms with van der Waals surface area (Å²) in [5.41, 5.74) is 2.68. The minimum atomic E-state index is -2.66. The third-order valence-electron chi connectivity index (χ3n) is 5.43. The van der Waals surface area contributed by atoms with E-state index in [1.54, 1.807) is 0 Å². The molecule has 150 valence electrons. The molecular weight excluding hydrogens is 374 g/mol. The van der Waals surface area contributed by atoms with Gasteiger partial charge in [-0.1, -0.05) is 48.5 Å². The van der Waals surface area contributed by atoms with Crippen molar-refractivity contribution in [3.63, 3.8) is 0 Å². The number of para-hydroxylation sites is 1. The largest absolute Gasteiger partial charge is 0.478 e. The quantitative estimate of drug-likeness (QED) is 0.657. The standard InChI is InChI=1S/C23H22F2N2O2/c24-23(25)11-6-13-27(14-12-23)15-19-21(22(28)29)20(16-7-2-1-3-8-16)17-9-4-5-10-18(17)26-19/h1-5,7-10H,6,11-15H2,(H,28,29). The summed E-state index contributed by atoms with van der Waals surface area (Å²) in [7, 11) is 0. The molecule has 0 amide bonds. The van der Waals surface area contributed by atoms with Crippen molar-refractivity contribution < 1.29 is 18.7 Å². The van der Waals surface area contributed by atoms with E-state index in [-0.39, 0.29) is 31.5 Å². The van der Waals surface area contributed by atoms with Crippen LogP contribution in [0.15, 0.2) is 54.6 Å². The van der Waals surface area contributed by atoms with E-state index in [0.717, 1.165) is 10.9 Å². The average Bonchev–Trinajstić information content (AvgIpc) is 2.88. The van der Waals surface area contributed by atoms with E-state index < -0.39 is 11.9 Å². The summed E-state index contributed by atoms with van der Waals surface area (Å²) in [4.78, 5) is 18.8. The van der Waals surface area contributed by atoms with Gasteiger partial charge in [0.25, 0.3) is 0 Å². The highest BCUT2D eigenvalue weighted by atomic mass is 19.3. The van der Waals surface area contributed by atoms with E-state index >= 15 is 0 Å². The molecule has 2 aromatic carbocycles. The van der Waals surface area contributed by atoms with Crippen LogP contribution in [0.1, 0.15) is 35.3 Å². The zero-order valence-electron chi connectivity index (χ0n) is 15.9. The zero-order valence-corrected chi connectivity index (χ0v) is 15.9. The van der Waals surface area contributed by atoms with Crippen LogP contribution in [0.2, 0.25) is 0 Å². The zero-order chi connectivity index (χ0) is 20.4. The molecule has 2 heterocycles. The van der Waals surface area contributed by atoms with Gasteiger partial charge in [-0.3, -0.25) is 9.88 Å². The summed E-state index contributed by atoms with van der Waals surface area (Å²) < 4.78 is 27.5. The van der Waals surface area contributed by atoms with Gasteiger partial charge < -0.3 is 5.11 Å². The summed E-state index contributed by atoms with van der Waals surface area (Å²) in [5, 5.41) is 10.8. The number of likely N-dealkylation sites (tertiary alicyclic amines) is 1. The number of fused-ring (bicyclic) bond motifs is 1. The van der Waals surface area contributed by atoms with Crippen LogP contribution < -0.4 is 0 Å². The number of nitrogens with zero attached hydrogens (tertiary/aromatic N) is 2. The Balaban J connectivity index is 1.84. The Hall–Kier alpha value is -2.86. The number of carboxylic acid groups (broad SMARTS) is 1. The molecule has 0 spiro atoms. The molecule has 1 fully saturated rings. The van der Waals surface area contributed by atoms with Gasteiger partial charge >= 0.3 is 5.97 Å². The normalized spacial score (nSPS) is 17.2. The molecule has 29 heavy (non-hydrogen) atoms. The lowest BCUT2D eigenvalue weighted by molar-refractivity contribution is -0.0132. The second-order valence-corrected chi connectivity index (χ2v) is 7.48. The first kappa shape index (κ1) is 19.5. The molecule has 0 atom stereocenters. The van der Waals surface area contributed by atoms with Crippen molar-refractivity contribution in [1.29, 1.82) is 0 Å². The summed E-state index contributed by atoms with van der Waals surface area (Å²) in [6.07, 6.45) is 0.0404. The Morgan fingerprint density at radius 3 is 2.52 bits per heavy atom. The van der Waals surface area contributed by atoms with Gasteiger partial charge in [0.2, 0.25) is 5.92 Å². The van der Waals surface area contributed by atoms with E-state index in [9.17, 15) is 18.7 Å². The number of carbonyl (C=O) groups is 1. The number of hydrogen-bond donors (Lipinski definition) is 1. The minimum Gasteiger partial charge on any atom is -0.478 e. The molecule has 0 aliphatic carbocycles. The summed E-state index contributed by atoms with van der Waals surface area (Å²) >= 11 is 0.